The van der Waals surface area contributed by atoms with Crippen LogP contribution in [-0.4, -0.2) is 36.5 Å². The molecule has 0 N–H and O–H groups in total. The van der Waals surface area contributed by atoms with E-state index in [4.69, 9.17) is 0 Å². The zero-order valence-corrected chi connectivity index (χ0v) is 89.5. The highest BCUT2D eigenvalue weighted by atomic mass is 32.1. The van der Waals surface area contributed by atoms with Crippen LogP contribution in [0.25, 0.3) is 260 Å². The van der Waals surface area contributed by atoms with Crippen LogP contribution in [0, 0.1) is 55.4 Å². The Hall–Kier alpha value is -13.2. The van der Waals surface area contributed by atoms with E-state index in [0.717, 1.165) is 58.1 Å². The van der Waals surface area contributed by atoms with Crippen LogP contribution < -0.4 is 0 Å². The fourth-order valence-electron chi connectivity index (χ4n) is 24.6. The second-order valence-electron chi connectivity index (χ2n) is 37.2. The van der Waals surface area contributed by atoms with Crippen LogP contribution in [0.15, 0.2) is 195 Å². The van der Waals surface area contributed by atoms with Gasteiger partial charge in [0.05, 0.1) is 43.3 Å². The molecule has 0 spiro atoms. The van der Waals surface area contributed by atoms with Crippen molar-refractivity contribution < 1.29 is 0 Å². The van der Waals surface area contributed by atoms with Gasteiger partial charge >= 0.3 is 0 Å². The molecule has 12 heterocycles. The van der Waals surface area contributed by atoms with E-state index in [1.54, 1.807) is 0 Å². The maximum absolute atomic E-state index is 4.20. The summed E-state index contributed by atoms with van der Waals surface area (Å²) in [7, 11) is 0. The Morgan fingerprint density at radius 2 is 0.543 bits per heavy atom. The first-order valence-corrected chi connectivity index (χ1v) is 54.2. The van der Waals surface area contributed by atoms with E-state index >= 15 is 0 Å². The van der Waals surface area contributed by atoms with Crippen molar-refractivity contribution in [2.75, 3.05) is 0 Å². The molecule has 0 saturated carbocycles. The van der Waals surface area contributed by atoms with Crippen molar-refractivity contribution in [2.24, 2.45) is 0 Å². The van der Waals surface area contributed by atoms with Crippen molar-refractivity contribution in [1.29, 1.82) is 0 Å². The highest BCUT2D eigenvalue weighted by Gasteiger charge is 2.30. The van der Waals surface area contributed by atoms with Gasteiger partial charge in [-0.2, -0.15) is 0 Å². The Morgan fingerprint density at radius 3 is 0.971 bits per heavy atom. The number of allylic oxidation sites excluding steroid dienone is 6. The molecule has 0 aliphatic heterocycles. The zero-order chi connectivity index (χ0) is 98.3. The van der Waals surface area contributed by atoms with E-state index in [2.05, 4.69) is 421 Å². The number of fused-ring (bicyclic) bond motifs is 36. The smallest absolute Gasteiger partial charge is 0.0675 e. The Labute approximate surface area is 838 Å². The van der Waals surface area contributed by atoms with Gasteiger partial charge in [0.15, 0.2) is 0 Å². The standard InChI is InChI=1S/2C32H32N2S.C32H30N2S.C30H30N2S.C2H6/c1-7-13-25-19(5)23-17-24-28(18-27(23)33(25)9-3)35-32-30(24)22-16-12-11-15-21(22)29-20(6)26(14-8-2)34(10-4)31(29)32;1-7-13-21-20(6)33(9-3)31-22-15-11-12-16-23(22)32-30(29(21)31)25-17-24-19(5)26(14-8-2)34(10-4)27(24)18-28(25)35-32;1-7-14-26-19(6)23-17-24-28(18-27(23)33(26)10-4)35-32-22-16-13-12-15-21(22)29-20(8-2)25(9-3)34(11-5)31(29)30(24)32;1-7-12-24-18(5)27-29(32(24)9-3)21-14-11-10-13-20(21)28-23-15-22-17(4)19(6)31(8-2)25(22)16-26(23)33-30(27)28;1-2/h2*7-8,11-18H,9-10H2,1-6H3;7-9,12-18H,2-3,10-11H2,1,4-6H3;7,10-16H,8-9H2,1-6H3;1-2H3/b2*13-7-,14-8-;14-7-;12-7-;. The number of benzene rings is 12. The number of aryl methyl sites for hydroxylation is 14. The van der Waals surface area contributed by atoms with Gasteiger partial charge in [-0.15, -0.1) is 45.3 Å². The van der Waals surface area contributed by atoms with Crippen molar-refractivity contribution in [1.82, 2.24) is 36.5 Å². The van der Waals surface area contributed by atoms with E-state index in [1.165, 1.54) is 295 Å². The van der Waals surface area contributed by atoms with Crippen LogP contribution in [0.1, 0.15) is 201 Å². The summed E-state index contributed by atoms with van der Waals surface area (Å²) in [4.78, 5) is 0. The third-order valence-electron chi connectivity index (χ3n) is 30.6. The summed E-state index contributed by atoms with van der Waals surface area (Å²) >= 11 is 7.81. The van der Waals surface area contributed by atoms with Crippen LogP contribution in [0.3, 0.4) is 0 Å². The van der Waals surface area contributed by atoms with Gasteiger partial charge in [-0.1, -0.05) is 173 Å². The number of hydrogen-bond donors (Lipinski definition) is 0. The van der Waals surface area contributed by atoms with Crippen LogP contribution in [-0.2, 0) is 52.4 Å². The normalized spacial score (nSPS) is 12.5. The van der Waals surface area contributed by atoms with Crippen molar-refractivity contribution in [2.45, 2.75) is 219 Å². The molecule has 12 aromatic heterocycles. The Kier molecular flexibility index (Phi) is 25.2. The molecule has 706 valence electrons. The molecule has 24 aromatic rings. The highest BCUT2D eigenvalue weighted by molar-refractivity contribution is 7.28. The molecule has 0 aliphatic rings. The number of rotatable bonds is 16. The van der Waals surface area contributed by atoms with Crippen molar-refractivity contribution in [3.8, 4) is 0 Å². The molecule has 8 nitrogen and oxygen atoms in total. The summed E-state index contributed by atoms with van der Waals surface area (Å²) in [5, 5.41) is 32.9. The molecule has 12 aromatic carbocycles. The third-order valence-corrected chi connectivity index (χ3v) is 35.3. The van der Waals surface area contributed by atoms with Gasteiger partial charge in [0.2, 0.25) is 0 Å². The fourth-order valence-corrected chi connectivity index (χ4v) is 29.7. The lowest BCUT2D eigenvalue weighted by molar-refractivity contribution is 0.766. The predicted molar refractivity (Wildman–Crippen MR) is 634 cm³/mol. The average Bonchev–Trinajstić information content (AvgIpc) is 1.55. The van der Waals surface area contributed by atoms with E-state index < -0.39 is 0 Å². The maximum Gasteiger partial charge on any atom is 0.0675 e. The molecule has 0 unspecified atom stereocenters. The van der Waals surface area contributed by atoms with Gasteiger partial charge in [0, 0.05) is 255 Å². The van der Waals surface area contributed by atoms with Crippen molar-refractivity contribution in [3.63, 3.8) is 0 Å². The lowest BCUT2D eigenvalue weighted by atomic mass is 9.98. The second kappa shape index (κ2) is 37.4. The topological polar surface area (TPSA) is 39.4 Å². The lowest BCUT2D eigenvalue weighted by Gasteiger charge is -2.09. The van der Waals surface area contributed by atoms with Gasteiger partial charge in [-0.05, 0) is 292 Å². The Morgan fingerprint density at radius 1 is 0.229 bits per heavy atom. The first-order valence-electron chi connectivity index (χ1n) is 50.9. The molecule has 0 bridgehead atoms. The third kappa shape index (κ3) is 13.8. The van der Waals surface area contributed by atoms with Gasteiger partial charge in [-0.3, -0.25) is 0 Å². The van der Waals surface area contributed by atoms with Gasteiger partial charge in [-0.25, -0.2) is 0 Å². The summed E-state index contributed by atoms with van der Waals surface area (Å²) in [5.41, 5.74) is 32.1. The van der Waals surface area contributed by atoms with Crippen molar-refractivity contribution in [3.05, 3.63) is 285 Å². The van der Waals surface area contributed by atoms with Gasteiger partial charge < -0.3 is 36.5 Å². The maximum atomic E-state index is 4.20. The van der Waals surface area contributed by atoms with Crippen LogP contribution >= 0.6 is 45.3 Å². The molecule has 0 amide bonds. The minimum absolute atomic E-state index is 0.884. The largest absolute Gasteiger partial charge is 0.345 e. The van der Waals surface area contributed by atoms with E-state index in [0.29, 0.717) is 0 Å². The monoisotopic (exact) mass is 1910 g/mol. The molecular formula is C128H130N8S4. The molecule has 0 saturated heterocycles. The number of nitrogens with zero attached hydrogens (tertiary/aromatic N) is 8. The van der Waals surface area contributed by atoms with Gasteiger partial charge in [0.25, 0.3) is 0 Å². The molecule has 0 aliphatic carbocycles. The molecule has 24 rings (SSSR count). The molecule has 140 heavy (non-hydrogen) atoms. The van der Waals surface area contributed by atoms with E-state index in [-0.39, 0.29) is 0 Å². The molecule has 0 atom stereocenters. The second-order valence-corrected chi connectivity index (χ2v) is 41.4. The van der Waals surface area contributed by atoms with Gasteiger partial charge in [0.1, 0.15) is 0 Å². The SMILES string of the molecule is C/C=C\c1c(C)c2c3sc4cc5c(cc4c3c3ccccc3c2n1CC)c(C)c(C)n5CC.C/C=C\c1c(C)c2cc3c(cc2n1CC)sc1c3c2ccccc2c2c(C)c(/C=C\C)n(CC)c12.C/C=C\c1c(C)n(CC)c2c3ccccc3c3sc4cc5c(cc4c3c12)c(C)c(/C=C\C)n5CC.C=Cc1c(C=C)n(CC)c2c1c1ccccc1c1sc3cc4c(cc3c12)c(C)c(/C=C\C)n4CC.CC. The van der Waals surface area contributed by atoms with E-state index in [9.17, 15) is 0 Å². The fraction of sp³-hybridized carbons (Fsp3) is 0.250. The summed E-state index contributed by atoms with van der Waals surface area (Å²) in [6.45, 7) is 68.9. The minimum atomic E-state index is 0.884. The summed E-state index contributed by atoms with van der Waals surface area (Å²) in [5.74, 6) is 0. The first-order chi connectivity index (χ1) is 68.2. The first kappa shape index (κ1) is 94.4. The molecule has 12 heteroatoms. The molecule has 0 fully saturated rings. The highest BCUT2D eigenvalue weighted by Crippen LogP contribution is 2.55. The Balaban J connectivity index is 0.000000114. The molecule has 0 radical (unpaired) electrons. The van der Waals surface area contributed by atoms with Crippen LogP contribution in [0.2, 0.25) is 0 Å². The summed E-state index contributed by atoms with van der Waals surface area (Å²) in [6.07, 6.45) is 30.6. The average molecular weight is 1910 g/mol. The zero-order valence-electron chi connectivity index (χ0n) is 86.2. The van der Waals surface area contributed by atoms with Crippen LogP contribution in [0.4, 0.5) is 0 Å². The minimum Gasteiger partial charge on any atom is -0.345 e. The van der Waals surface area contributed by atoms with Crippen molar-refractivity contribution >= 4 is 305 Å². The molecular weight excluding hydrogens is 1780 g/mol. The summed E-state index contributed by atoms with van der Waals surface area (Å²) < 4.78 is 30.9. The predicted octanol–water partition coefficient (Wildman–Crippen LogP) is 39.6. The quantitative estimate of drug-likeness (QED) is 0.0925. The number of thiophene rings is 4. The summed E-state index contributed by atoms with van der Waals surface area (Å²) in [6, 6.07) is 55.5. The number of aromatic nitrogens is 8. The van der Waals surface area contributed by atoms with Crippen LogP contribution in [0.5, 0.6) is 0 Å². The lowest BCUT2D eigenvalue weighted by Crippen LogP contribution is -1.97. The Bertz CT molecular complexity index is 9510. The van der Waals surface area contributed by atoms with E-state index in [1.807, 2.05) is 71.3 Å². The number of hydrogen-bond acceptors (Lipinski definition) is 4.